The molecule has 0 unspecified atom stereocenters. The third-order valence-electron chi connectivity index (χ3n) is 2.34. The first-order valence-electron chi connectivity index (χ1n) is 4.72. The van der Waals surface area contributed by atoms with E-state index in [2.05, 4.69) is 5.32 Å². The lowest BCUT2D eigenvalue weighted by molar-refractivity contribution is 0.114. The fraction of sp³-hybridized carbons (Fsp3) is 0.889. The number of rotatable bonds is 4. The molecule has 1 fully saturated rings. The van der Waals surface area contributed by atoms with Crippen molar-refractivity contribution >= 4 is 6.09 Å². The largest absolute Gasteiger partial charge is 0.447 e. The molecule has 3 N–H and O–H groups in total. The molecule has 1 aliphatic rings. The Morgan fingerprint density at radius 2 is 2.23 bits per heavy atom. The van der Waals surface area contributed by atoms with E-state index in [4.69, 9.17) is 10.5 Å². The molecule has 0 aromatic rings. The maximum absolute atomic E-state index is 11.1. The van der Waals surface area contributed by atoms with E-state index in [9.17, 15) is 4.79 Å². The van der Waals surface area contributed by atoms with Gasteiger partial charge in [-0.05, 0) is 33.2 Å². The lowest BCUT2D eigenvalue weighted by atomic mass is 10.1. The molecule has 13 heavy (non-hydrogen) atoms. The highest BCUT2D eigenvalue weighted by molar-refractivity contribution is 5.67. The minimum atomic E-state index is -0.338. The van der Waals surface area contributed by atoms with E-state index in [-0.39, 0.29) is 17.6 Å². The van der Waals surface area contributed by atoms with Crippen LogP contribution in [0.2, 0.25) is 0 Å². The molecular weight excluding hydrogens is 168 g/mol. The minimum absolute atomic E-state index is 0.0620. The molecule has 1 saturated carbocycles. The number of carbonyl (C=O) groups is 1. The van der Waals surface area contributed by atoms with E-state index in [0.717, 1.165) is 12.8 Å². The van der Waals surface area contributed by atoms with Gasteiger partial charge in [-0.15, -0.1) is 0 Å². The van der Waals surface area contributed by atoms with Gasteiger partial charge in [-0.3, -0.25) is 0 Å². The van der Waals surface area contributed by atoms with Gasteiger partial charge in [0.2, 0.25) is 0 Å². The van der Waals surface area contributed by atoms with Crippen LogP contribution >= 0.6 is 0 Å². The summed E-state index contributed by atoms with van der Waals surface area (Å²) in [5, 5.41) is 2.73. The predicted molar refractivity (Wildman–Crippen MR) is 50.3 cm³/mol. The number of nitrogens with one attached hydrogen (secondary N) is 1. The van der Waals surface area contributed by atoms with Crippen LogP contribution in [0.3, 0.4) is 0 Å². The second-order valence-corrected chi connectivity index (χ2v) is 4.01. The average molecular weight is 186 g/mol. The molecule has 0 atom stereocenters. The second-order valence-electron chi connectivity index (χ2n) is 4.01. The van der Waals surface area contributed by atoms with E-state index in [1.54, 1.807) is 0 Å². The van der Waals surface area contributed by atoms with Crippen molar-refractivity contribution in [1.29, 1.82) is 0 Å². The van der Waals surface area contributed by atoms with Crippen molar-refractivity contribution in [3.05, 3.63) is 0 Å². The van der Waals surface area contributed by atoms with Gasteiger partial charge in [0, 0.05) is 12.0 Å². The van der Waals surface area contributed by atoms with E-state index >= 15 is 0 Å². The molecule has 1 aliphatic carbocycles. The van der Waals surface area contributed by atoms with E-state index < -0.39 is 0 Å². The van der Waals surface area contributed by atoms with Crippen molar-refractivity contribution in [3.63, 3.8) is 0 Å². The Labute approximate surface area is 78.8 Å². The van der Waals surface area contributed by atoms with Crippen LogP contribution in [0.25, 0.3) is 0 Å². The zero-order valence-corrected chi connectivity index (χ0v) is 8.30. The fourth-order valence-corrected chi connectivity index (χ4v) is 1.15. The standard InChI is InChI=1S/C9H18N2O2/c1-7(2)13-8(12)11-6-9(5-10)3-4-9/h7H,3-6,10H2,1-2H3,(H,11,12). The molecule has 0 aromatic heterocycles. The fourth-order valence-electron chi connectivity index (χ4n) is 1.15. The number of amides is 1. The van der Waals surface area contributed by atoms with Crippen molar-refractivity contribution < 1.29 is 9.53 Å². The summed E-state index contributed by atoms with van der Waals surface area (Å²) >= 11 is 0. The van der Waals surface area contributed by atoms with Crippen molar-refractivity contribution in [2.45, 2.75) is 32.8 Å². The highest BCUT2D eigenvalue weighted by atomic mass is 16.6. The molecule has 0 aromatic carbocycles. The number of nitrogens with two attached hydrogens (primary N) is 1. The first-order chi connectivity index (χ1) is 6.08. The zero-order valence-electron chi connectivity index (χ0n) is 8.30. The van der Waals surface area contributed by atoms with Crippen molar-refractivity contribution in [2.75, 3.05) is 13.1 Å². The highest BCUT2D eigenvalue weighted by Crippen LogP contribution is 2.43. The first kappa shape index (κ1) is 10.3. The molecule has 0 heterocycles. The van der Waals surface area contributed by atoms with Crippen molar-refractivity contribution in [3.8, 4) is 0 Å². The molecule has 0 aliphatic heterocycles. The van der Waals surface area contributed by atoms with Gasteiger partial charge in [0.1, 0.15) is 0 Å². The molecule has 0 saturated heterocycles. The van der Waals surface area contributed by atoms with E-state index in [1.165, 1.54) is 0 Å². The summed E-state index contributed by atoms with van der Waals surface area (Å²) in [6.07, 6.45) is 1.83. The summed E-state index contributed by atoms with van der Waals surface area (Å²) in [7, 11) is 0. The summed E-state index contributed by atoms with van der Waals surface area (Å²) < 4.78 is 4.93. The Balaban J connectivity index is 2.15. The number of hydrogen-bond donors (Lipinski definition) is 2. The monoisotopic (exact) mass is 186 g/mol. The number of carbonyl (C=O) groups excluding carboxylic acids is 1. The zero-order chi connectivity index (χ0) is 9.90. The van der Waals surface area contributed by atoms with Crippen LogP contribution in [0, 0.1) is 5.41 Å². The van der Waals surface area contributed by atoms with Gasteiger partial charge in [0.15, 0.2) is 0 Å². The van der Waals surface area contributed by atoms with Gasteiger partial charge in [0.25, 0.3) is 0 Å². The van der Waals surface area contributed by atoms with Crippen LogP contribution < -0.4 is 11.1 Å². The van der Waals surface area contributed by atoms with Crippen LogP contribution in [0.15, 0.2) is 0 Å². The van der Waals surface area contributed by atoms with Crippen LogP contribution in [-0.4, -0.2) is 25.3 Å². The summed E-state index contributed by atoms with van der Waals surface area (Å²) in [6.45, 7) is 4.95. The van der Waals surface area contributed by atoms with E-state index in [0.29, 0.717) is 13.1 Å². The summed E-state index contributed by atoms with van der Waals surface area (Å²) in [5.41, 5.74) is 5.74. The van der Waals surface area contributed by atoms with Gasteiger partial charge in [0.05, 0.1) is 6.10 Å². The van der Waals surface area contributed by atoms with Crippen LogP contribution in [0.5, 0.6) is 0 Å². The quantitative estimate of drug-likeness (QED) is 0.684. The summed E-state index contributed by atoms with van der Waals surface area (Å²) in [4.78, 5) is 11.1. The van der Waals surface area contributed by atoms with Gasteiger partial charge < -0.3 is 15.8 Å². The van der Waals surface area contributed by atoms with Gasteiger partial charge >= 0.3 is 6.09 Å². The van der Waals surface area contributed by atoms with E-state index in [1.807, 2.05) is 13.8 Å². The summed E-state index contributed by atoms with van der Waals surface area (Å²) in [6, 6.07) is 0. The third kappa shape index (κ3) is 3.22. The number of hydrogen-bond acceptors (Lipinski definition) is 3. The Morgan fingerprint density at radius 3 is 2.62 bits per heavy atom. The first-order valence-corrected chi connectivity index (χ1v) is 4.72. The molecule has 4 nitrogen and oxygen atoms in total. The SMILES string of the molecule is CC(C)OC(=O)NCC1(CN)CC1. The molecule has 1 amide bonds. The molecule has 0 spiro atoms. The topological polar surface area (TPSA) is 64.3 Å². The van der Waals surface area contributed by atoms with Crippen molar-refractivity contribution in [1.82, 2.24) is 5.32 Å². The summed E-state index contributed by atoms with van der Waals surface area (Å²) in [5.74, 6) is 0. The third-order valence-corrected chi connectivity index (χ3v) is 2.34. The Kier molecular flexibility index (Phi) is 3.14. The molecule has 0 radical (unpaired) electrons. The Hall–Kier alpha value is -0.770. The normalized spacial score (nSPS) is 18.5. The van der Waals surface area contributed by atoms with Gasteiger partial charge in [-0.2, -0.15) is 0 Å². The maximum Gasteiger partial charge on any atom is 0.407 e. The maximum atomic E-state index is 11.1. The second kappa shape index (κ2) is 3.96. The molecule has 76 valence electrons. The average Bonchev–Trinajstić information content (AvgIpc) is 2.80. The molecular formula is C9H18N2O2. The number of alkyl carbamates (subject to hydrolysis) is 1. The minimum Gasteiger partial charge on any atom is -0.447 e. The molecule has 4 heteroatoms. The Morgan fingerprint density at radius 1 is 1.62 bits per heavy atom. The van der Waals surface area contributed by atoms with Gasteiger partial charge in [-0.25, -0.2) is 4.79 Å². The predicted octanol–water partition coefficient (Wildman–Crippen LogP) is 0.860. The molecule has 1 rings (SSSR count). The van der Waals surface area contributed by atoms with Crippen LogP contribution in [0.1, 0.15) is 26.7 Å². The highest BCUT2D eigenvalue weighted by Gasteiger charge is 2.41. The van der Waals surface area contributed by atoms with Crippen LogP contribution in [0.4, 0.5) is 4.79 Å². The number of ether oxygens (including phenoxy) is 1. The Bertz CT molecular complexity index is 188. The van der Waals surface area contributed by atoms with Gasteiger partial charge in [-0.1, -0.05) is 0 Å². The lowest BCUT2D eigenvalue weighted by Crippen LogP contribution is -2.35. The molecule has 0 bridgehead atoms. The lowest BCUT2D eigenvalue weighted by Gasteiger charge is -2.14. The van der Waals surface area contributed by atoms with Crippen molar-refractivity contribution in [2.24, 2.45) is 11.1 Å². The van der Waals surface area contributed by atoms with Crippen LogP contribution in [-0.2, 0) is 4.74 Å². The smallest absolute Gasteiger partial charge is 0.407 e.